The third-order valence-electron chi connectivity index (χ3n) is 4.13. The molecule has 0 aliphatic carbocycles. The molecule has 25 heavy (non-hydrogen) atoms. The minimum Gasteiger partial charge on any atom is -0.394 e. The van der Waals surface area contributed by atoms with Gasteiger partial charge in [-0.1, -0.05) is 12.2 Å². The van der Waals surface area contributed by atoms with Gasteiger partial charge in [0.1, 0.15) is 24.0 Å². The van der Waals surface area contributed by atoms with E-state index in [0.29, 0.717) is 6.54 Å². The number of aromatic nitrogens is 2. The van der Waals surface area contributed by atoms with Gasteiger partial charge in [-0.2, -0.15) is 0 Å². The highest BCUT2D eigenvalue weighted by molar-refractivity contribution is 5.39. The minimum atomic E-state index is -0.850. The molecule has 2 aliphatic heterocycles. The molecule has 0 radical (unpaired) electrons. The van der Waals surface area contributed by atoms with E-state index in [9.17, 15) is 14.7 Å². The van der Waals surface area contributed by atoms with E-state index >= 15 is 0 Å². The van der Waals surface area contributed by atoms with E-state index in [4.69, 9.17) is 14.2 Å². The monoisotopic (exact) mass is 353 g/mol. The smallest absolute Gasteiger partial charge is 0.330 e. The molecule has 138 valence electrons. The molecule has 2 fully saturated rings. The molecule has 0 bridgehead atoms. The van der Waals surface area contributed by atoms with Gasteiger partial charge in [-0.05, 0) is 20.8 Å². The van der Waals surface area contributed by atoms with Gasteiger partial charge in [0.2, 0.25) is 0 Å². The predicted molar refractivity (Wildman–Crippen MR) is 89.4 cm³/mol. The molecule has 3 N–H and O–H groups in total. The molecule has 0 amide bonds. The summed E-state index contributed by atoms with van der Waals surface area (Å²) in [7, 11) is 0. The van der Waals surface area contributed by atoms with Crippen molar-refractivity contribution in [2.24, 2.45) is 0 Å². The van der Waals surface area contributed by atoms with Gasteiger partial charge in [0.15, 0.2) is 12.0 Å². The molecule has 1 aromatic rings. The van der Waals surface area contributed by atoms with Crippen molar-refractivity contribution < 1.29 is 19.3 Å². The number of rotatable bonds is 5. The molecular formula is C16H23N3O6. The molecule has 2 saturated heterocycles. The molecule has 1 unspecified atom stereocenters. The fourth-order valence-corrected chi connectivity index (χ4v) is 3.08. The zero-order chi connectivity index (χ0) is 18.4. The topological polar surface area (TPSA) is 115 Å². The molecule has 3 heterocycles. The number of nitrogens with one attached hydrogen (secondary N) is 2. The van der Waals surface area contributed by atoms with Crippen LogP contribution in [0.1, 0.15) is 27.0 Å². The number of aliphatic hydroxyl groups excluding tert-OH is 1. The molecule has 0 saturated carbocycles. The van der Waals surface area contributed by atoms with Crippen LogP contribution in [0.25, 0.3) is 0 Å². The number of ether oxygens (including phenoxy) is 3. The van der Waals surface area contributed by atoms with Gasteiger partial charge in [-0.25, -0.2) is 4.79 Å². The largest absolute Gasteiger partial charge is 0.394 e. The Balaban J connectivity index is 1.95. The average molecular weight is 353 g/mol. The van der Waals surface area contributed by atoms with Crippen molar-refractivity contribution in [1.82, 2.24) is 9.55 Å². The Hall–Kier alpha value is -1.94. The van der Waals surface area contributed by atoms with Gasteiger partial charge < -0.3 is 24.6 Å². The van der Waals surface area contributed by atoms with Gasteiger partial charge in [0.25, 0.3) is 5.56 Å². The van der Waals surface area contributed by atoms with Crippen molar-refractivity contribution in [1.29, 1.82) is 0 Å². The van der Waals surface area contributed by atoms with E-state index in [2.05, 4.69) is 16.9 Å². The van der Waals surface area contributed by atoms with Gasteiger partial charge in [0, 0.05) is 12.7 Å². The van der Waals surface area contributed by atoms with Crippen LogP contribution >= 0.6 is 0 Å². The molecule has 0 spiro atoms. The van der Waals surface area contributed by atoms with Gasteiger partial charge in [-0.3, -0.25) is 14.3 Å². The lowest BCUT2D eigenvalue weighted by Gasteiger charge is -2.24. The number of fused-ring (bicyclic) bond motifs is 1. The Kier molecular flexibility index (Phi) is 4.58. The fourth-order valence-electron chi connectivity index (χ4n) is 3.08. The zero-order valence-corrected chi connectivity index (χ0v) is 14.4. The third kappa shape index (κ3) is 3.40. The van der Waals surface area contributed by atoms with Gasteiger partial charge in [0.05, 0.1) is 6.61 Å². The van der Waals surface area contributed by atoms with E-state index in [-0.39, 0.29) is 12.3 Å². The standard InChI is InChI=1S/C16H23N3O6/c1-8(2)5-17-9-6-19(15(22)18-13(9)21)14-12-11(10(7-20)23-14)24-16(3,4)25-12/h6,10-12,14,17,20H,1,5,7H2,2-4H3,(H,18,21,22)/t10-,11?,12+,14-/m1/s1. The summed E-state index contributed by atoms with van der Waals surface area (Å²) < 4.78 is 18.6. The SMILES string of the molecule is C=C(C)CNc1cn([C@@H]2O[C@H](CO)C3OC(C)(C)O[C@@H]32)c(=O)[nH]c1=O. The van der Waals surface area contributed by atoms with Crippen LogP contribution in [0.5, 0.6) is 0 Å². The number of aromatic amines is 1. The van der Waals surface area contributed by atoms with Crippen LogP contribution in [0.3, 0.4) is 0 Å². The first kappa shape index (κ1) is 17.9. The van der Waals surface area contributed by atoms with E-state index in [0.717, 1.165) is 5.57 Å². The number of H-pyrrole nitrogens is 1. The van der Waals surface area contributed by atoms with E-state index in [1.54, 1.807) is 13.8 Å². The highest BCUT2D eigenvalue weighted by atomic mass is 16.8. The fraction of sp³-hybridized carbons (Fsp3) is 0.625. The highest BCUT2D eigenvalue weighted by Crippen LogP contribution is 2.42. The Labute approximate surface area is 144 Å². The van der Waals surface area contributed by atoms with E-state index in [1.807, 2.05) is 6.92 Å². The second kappa shape index (κ2) is 6.41. The molecule has 3 rings (SSSR count). The highest BCUT2D eigenvalue weighted by Gasteiger charge is 2.55. The van der Waals surface area contributed by atoms with Crippen LogP contribution in [-0.4, -0.2) is 51.9 Å². The van der Waals surface area contributed by atoms with Crippen molar-refractivity contribution >= 4 is 5.69 Å². The molecular weight excluding hydrogens is 330 g/mol. The number of hydrogen-bond donors (Lipinski definition) is 3. The molecule has 9 heteroatoms. The van der Waals surface area contributed by atoms with E-state index in [1.165, 1.54) is 10.8 Å². The Morgan fingerprint density at radius 3 is 2.72 bits per heavy atom. The maximum Gasteiger partial charge on any atom is 0.330 e. The van der Waals surface area contributed by atoms with Crippen LogP contribution in [0.15, 0.2) is 27.9 Å². The maximum absolute atomic E-state index is 12.3. The summed E-state index contributed by atoms with van der Waals surface area (Å²) >= 11 is 0. The maximum atomic E-state index is 12.3. The minimum absolute atomic E-state index is 0.216. The predicted octanol–water partition coefficient (Wildman–Crippen LogP) is -0.0656. The summed E-state index contributed by atoms with van der Waals surface area (Å²) in [4.78, 5) is 26.5. The second-order valence-corrected chi connectivity index (χ2v) is 6.83. The molecule has 9 nitrogen and oxygen atoms in total. The Morgan fingerprint density at radius 1 is 1.40 bits per heavy atom. The van der Waals surface area contributed by atoms with Gasteiger partial charge in [-0.15, -0.1) is 0 Å². The van der Waals surface area contributed by atoms with Gasteiger partial charge >= 0.3 is 5.69 Å². The van der Waals surface area contributed by atoms with Crippen molar-refractivity contribution in [2.45, 2.75) is 51.1 Å². The van der Waals surface area contributed by atoms with Crippen LogP contribution in [0, 0.1) is 0 Å². The Bertz CT molecular complexity index is 783. The van der Waals surface area contributed by atoms with Crippen molar-refractivity contribution in [3.63, 3.8) is 0 Å². The van der Waals surface area contributed by atoms with Crippen LogP contribution in [-0.2, 0) is 14.2 Å². The summed E-state index contributed by atoms with van der Waals surface area (Å²) in [6, 6.07) is 0. The van der Waals surface area contributed by atoms with E-state index < -0.39 is 41.6 Å². The lowest BCUT2D eigenvalue weighted by molar-refractivity contribution is -0.200. The summed E-state index contributed by atoms with van der Waals surface area (Å²) in [5, 5.41) is 12.5. The number of hydrogen-bond acceptors (Lipinski definition) is 7. The Morgan fingerprint density at radius 2 is 2.08 bits per heavy atom. The normalized spacial score (nSPS) is 30.2. The second-order valence-electron chi connectivity index (χ2n) is 6.83. The molecule has 2 aliphatic rings. The van der Waals surface area contributed by atoms with Crippen molar-refractivity contribution in [2.75, 3.05) is 18.5 Å². The third-order valence-corrected chi connectivity index (χ3v) is 4.13. The number of anilines is 1. The summed E-state index contributed by atoms with van der Waals surface area (Å²) in [5.74, 6) is -0.850. The van der Waals surface area contributed by atoms with Crippen LogP contribution < -0.4 is 16.6 Å². The zero-order valence-electron chi connectivity index (χ0n) is 14.4. The molecule has 4 atom stereocenters. The lowest BCUT2D eigenvalue weighted by Crippen LogP contribution is -2.38. The first-order chi connectivity index (χ1) is 11.7. The molecule has 0 aromatic carbocycles. The first-order valence-corrected chi connectivity index (χ1v) is 8.07. The quantitative estimate of drug-likeness (QED) is 0.635. The van der Waals surface area contributed by atoms with Crippen molar-refractivity contribution in [3.8, 4) is 0 Å². The van der Waals surface area contributed by atoms with Crippen LogP contribution in [0.4, 0.5) is 5.69 Å². The molecule has 1 aromatic heterocycles. The van der Waals surface area contributed by atoms with Crippen LogP contribution in [0.2, 0.25) is 0 Å². The number of nitrogens with zero attached hydrogens (tertiary/aromatic N) is 1. The van der Waals surface area contributed by atoms with Crippen molar-refractivity contribution in [3.05, 3.63) is 39.2 Å². The number of aliphatic hydroxyl groups is 1. The first-order valence-electron chi connectivity index (χ1n) is 8.07. The average Bonchev–Trinajstić information content (AvgIpc) is 2.99. The summed E-state index contributed by atoms with van der Waals surface area (Å²) in [6.07, 6.45) is -1.14. The summed E-state index contributed by atoms with van der Waals surface area (Å²) in [6.45, 7) is 9.22. The lowest BCUT2D eigenvalue weighted by atomic mass is 10.1. The summed E-state index contributed by atoms with van der Waals surface area (Å²) in [5.41, 5.74) is -0.0986.